The molecular formula is C57H64N14O17S. The van der Waals surface area contributed by atoms with Gasteiger partial charge >= 0.3 is 23.9 Å². The molecule has 3 aromatic carbocycles. The van der Waals surface area contributed by atoms with Crippen LogP contribution in [-0.4, -0.2) is 173 Å². The van der Waals surface area contributed by atoms with Crippen LogP contribution < -0.4 is 59.1 Å². The first-order valence-corrected chi connectivity index (χ1v) is 28.5. The van der Waals surface area contributed by atoms with Crippen LogP contribution >= 0.6 is 11.8 Å². The van der Waals surface area contributed by atoms with Crippen LogP contribution in [0.4, 0.5) is 11.6 Å². The number of H-pyrrole nitrogens is 1. The van der Waals surface area contributed by atoms with Crippen molar-refractivity contribution in [2.24, 2.45) is 0 Å². The predicted molar refractivity (Wildman–Crippen MR) is 318 cm³/mol. The van der Waals surface area contributed by atoms with Gasteiger partial charge in [-0.2, -0.15) is 16.7 Å². The molecule has 0 saturated carbocycles. The normalized spacial score (nSPS) is 13.4. The molecule has 89 heavy (non-hydrogen) atoms. The fourth-order valence-corrected chi connectivity index (χ4v) is 10.3. The maximum atomic E-state index is 13.7. The molecule has 0 bridgehead atoms. The highest BCUT2D eigenvalue weighted by Gasteiger charge is 2.35. The number of carbonyl (C=O) groups excluding carboxylic acids is 8. The molecule has 16 N–H and O–H groups in total. The van der Waals surface area contributed by atoms with Crippen LogP contribution in [0.15, 0.2) is 96.4 Å². The van der Waals surface area contributed by atoms with Crippen LogP contribution in [-0.2, 0) is 59.3 Å². The van der Waals surface area contributed by atoms with Gasteiger partial charge in [0.05, 0.1) is 37.7 Å². The summed E-state index contributed by atoms with van der Waals surface area (Å²) in [4.78, 5) is 182. The zero-order valence-corrected chi connectivity index (χ0v) is 48.3. The zero-order valence-electron chi connectivity index (χ0n) is 47.5. The number of nitrogens with zero attached hydrogens (tertiary/aromatic N) is 3. The molecule has 5 aromatic rings. The summed E-state index contributed by atoms with van der Waals surface area (Å²) < 4.78 is 0. The van der Waals surface area contributed by atoms with Gasteiger partial charge in [0.25, 0.3) is 11.5 Å². The molecule has 2 heterocycles. The predicted octanol–water partition coefficient (Wildman–Crippen LogP) is -0.907. The van der Waals surface area contributed by atoms with Crippen LogP contribution in [0.1, 0.15) is 78.0 Å². The molecule has 32 heteroatoms. The van der Waals surface area contributed by atoms with E-state index in [1.165, 1.54) is 48.6 Å². The Bertz CT molecular complexity index is 3540. The van der Waals surface area contributed by atoms with E-state index in [1.807, 2.05) is 24.3 Å². The highest BCUT2D eigenvalue weighted by atomic mass is 32.2. The zero-order chi connectivity index (χ0) is 64.9. The topological polar surface area (TPSA) is 492 Å². The summed E-state index contributed by atoms with van der Waals surface area (Å²) in [5, 5.41) is 59.9. The van der Waals surface area contributed by atoms with Crippen molar-refractivity contribution in [3.05, 3.63) is 124 Å². The van der Waals surface area contributed by atoms with Crippen LogP contribution in [0.2, 0.25) is 0 Å². The number of carbonyl (C=O) groups is 12. The lowest BCUT2D eigenvalue weighted by Crippen LogP contribution is -2.60. The molecule has 2 aromatic heterocycles. The number of amides is 8. The van der Waals surface area contributed by atoms with Crippen molar-refractivity contribution < 1.29 is 78.0 Å². The highest BCUT2D eigenvalue weighted by molar-refractivity contribution is 7.99. The number of hydrogen-bond donors (Lipinski definition) is 15. The van der Waals surface area contributed by atoms with E-state index in [9.17, 15) is 82.8 Å². The Morgan fingerprint density at radius 3 is 1.74 bits per heavy atom. The van der Waals surface area contributed by atoms with Gasteiger partial charge in [-0.3, -0.25) is 62.5 Å². The number of carboxylic acids is 4. The Kier molecular flexibility index (Phi) is 24.3. The van der Waals surface area contributed by atoms with Crippen LogP contribution in [0.25, 0.3) is 22.3 Å². The van der Waals surface area contributed by atoms with Crippen LogP contribution in [0.3, 0.4) is 0 Å². The minimum Gasteiger partial charge on any atom is -0.481 e. The number of benzene rings is 3. The second kappa shape index (κ2) is 32.1. The molecule has 31 nitrogen and oxygen atoms in total. The molecule has 0 unspecified atom stereocenters. The number of carboxylic acid groups (broad SMARTS) is 4. The van der Waals surface area contributed by atoms with Gasteiger partial charge in [0.2, 0.25) is 47.3 Å². The summed E-state index contributed by atoms with van der Waals surface area (Å²) in [5.74, 6) is -14.0. The number of nitrogen functional groups attached to an aromatic ring is 1. The molecular weight excluding hydrogens is 1180 g/mol. The summed E-state index contributed by atoms with van der Waals surface area (Å²) in [6, 6.07) is 10.8. The number of aliphatic carboxylic acids is 4. The lowest BCUT2D eigenvalue weighted by atomic mass is 9.99. The summed E-state index contributed by atoms with van der Waals surface area (Å²) in [5.41, 5.74) is 10.5. The Labute approximate surface area is 509 Å². The summed E-state index contributed by atoms with van der Waals surface area (Å²) >= 11 is 1.54. The number of aromatic amines is 1. The van der Waals surface area contributed by atoms with Gasteiger partial charge in [0.1, 0.15) is 36.3 Å². The Morgan fingerprint density at radius 1 is 0.652 bits per heavy atom. The molecule has 8 amide bonds. The second-order valence-electron chi connectivity index (χ2n) is 20.0. The van der Waals surface area contributed by atoms with Crippen LogP contribution in [0.5, 0.6) is 0 Å². The first kappa shape index (κ1) is 67.3. The van der Waals surface area contributed by atoms with Crippen molar-refractivity contribution in [1.29, 1.82) is 0 Å². The lowest BCUT2D eigenvalue weighted by Gasteiger charge is -2.26. The standard InChI is InChI=1S/C57H64N14O17S/c1-3-8-36(65-52(83)38(21-44(74)75)64-43(73)18-17-37(56(87)88)66-49(80)28-13-15-29(16-14-28)60-24-30-25-62-48-47(63-30)55(86)71-57(58)70-48)51(82)67-39(22-45(76)77)53(84)68-40(23-46(78)79)54(85)69-41(50(81)59-2)26-61-42(72)19-20-89-27-35-33-11-6-4-9-31(33)32-10-5-7-12-34(32)35/h3-7,9-16,25,35-41,60H,1,8,17-24,26-27H2,2H3,(H,59,81)(H,61,72)(H,64,73)(H,65,83)(H,66,80)(H,67,82)(H,68,84)(H,69,85)(H,74,75)(H,76,77)(H,78,79)(H,87,88)(H3,58,62,70,71,86)/t36-,37-,38-,39-,40-,41-/m0/s1. The van der Waals surface area contributed by atoms with Crippen molar-refractivity contribution in [1.82, 2.24) is 62.5 Å². The number of fused-ring (bicyclic) bond motifs is 4. The van der Waals surface area contributed by atoms with Gasteiger partial charge in [-0.25, -0.2) is 14.8 Å². The molecule has 1 aliphatic rings. The van der Waals surface area contributed by atoms with Gasteiger partial charge in [-0.1, -0.05) is 54.6 Å². The van der Waals surface area contributed by atoms with E-state index in [0.29, 0.717) is 22.9 Å². The molecule has 470 valence electrons. The van der Waals surface area contributed by atoms with Crippen molar-refractivity contribution in [3.63, 3.8) is 0 Å². The van der Waals surface area contributed by atoms with Crippen molar-refractivity contribution in [2.75, 3.05) is 36.1 Å². The van der Waals surface area contributed by atoms with Gasteiger partial charge in [-0.05, 0) is 59.4 Å². The molecule has 0 spiro atoms. The molecule has 0 saturated heterocycles. The monoisotopic (exact) mass is 1250 g/mol. The molecule has 0 radical (unpaired) electrons. The van der Waals surface area contributed by atoms with Gasteiger partial charge in [-0.15, -0.1) is 6.58 Å². The maximum absolute atomic E-state index is 13.7. The smallest absolute Gasteiger partial charge is 0.326 e. The third-order valence-electron chi connectivity index (χ3n) is 13.6. The molecule has 6 rings (SSSR count). The minimum atomic E-state index is -2.09. The first-order valence-electron chi connectivity index (χ1n) is 27.3. The van der Waals surface area contributed by atoms with Gasteiger partial charge in [0, 0.05) is 55.1 Å². The molecule has 0 aliphatic heterocycles. The summed E-state index contributed by atoms with van der Waals surface area (Å²) in [6.45, 7) is 3.11. The number of likely N-dealkylation sites (N-methyl/N-ethyl adjacent to an activating group) is 1. The fourth-order valence-electron chi connectivity index (χ4n) is 9.16. The third-order valence-corrected chi connectivity index (χ3v) is 14.6. The maximum Gasteiger partial charge on any atom is 0.326 e. The van der Waals surface area contributed by atoms with E-state index in [1.54, 1.807) is 11.8 Å². The Morgan fingerprint density at radius 2 is 1.19 bits per heavy atom. The number of anilines is 2. The Hall–Kier alpha value is -10.8. The number of hydrogen-bond acceptors (Lipinski definition) is 19. The average Bonchev–Trinajstić information content (AvgIpc) is 1.89. The van der Waals surface area contributed by atoms with Gasteiger partial charge in [0.15, 0.2) is 11.2 Å². The number of nitrogens with one attached hydrogen (secondary N) is 10. The summed E-state index contributed by atoms with van der Waals surface area (Å²) in [7, 11) is 1.23. The molecule has 0 fully saturated rings. The van der Waals surface area contributed by atoms with Gasteiger partial charge < -0.3 is 74.0 Å². The summed E-state index contributed by atoms with van der Waals surface area (Å²) in [6.07, 6.45) is -2.65. The van der Waals surface area contributed by atoms with E-state index >= 15 is 0 Å². The SMILES string of the molecule is C=CC[C@H](NC(=O)[C@H](CC(=O)O)NC(=O)CC[C@H](NC(=O)c1ccc(NCc2cnc3nc(N)[nH]c(=O)c3n2)cc1)C(=O)O)C(=O)N[C@@H](CC(=O)O)C(=O)N[C@@H](CC(=O)O)C(=O)N[C@@H](CNC(=O)CCSCC1c2ccccc2-c2ccccc21)C(=O)NC. The number of aromatic nitrogens is 4. The fraction of sp³-hybridized carbons (Fsp3) is 0.333. The molecule has 6 atom stereocenters. The van der Waals surface area contributed by atoms with Crippen molar-refractivity contribution >= 4 is 106 Å². The Balaban J connectivity index is 0.999. The lowest BCUT2D eigenvalue weighted by molar-refractivity contribution is -0.143. The highest BCUT2D eigenvalue weighted by Crippen LogP contribution is 2.45. The quantitative estimate of drug-likeness (QED) is 0.0175. The second-order valence-corrected chi connectivity index (χ2v) is 21.1. The largest absolute Gasteiger partial charge is 0.481 e. The first-order chi connectivity index (χ1) is 42.4. The van der Waals surface area contributed by atoms with Crippen molar-refractivity contribution in [3.8, 4) is 11.1 Å². The number of thioether (sulfide) groups is 1. The van der Waals surface area contributed by atoms with E-state index in [2.05, 4.69) is 98.6 Å². The van der Waals surface area contributed by atoms with Crippen molar-refractivity contribution in [2.45, 2.75) is 93.7 Å². The molecule has 1 aliphatic carbocycles. The average molecular weight is 1250 g/mol. The van der Waals surface area contributed by atoms with E-state index < -0.39 is 158 Å². The van der Waals surface area contributed by atoms with E-state index in [-0.39, 0.29) is 41.6 Å². The number of rotatable bonds is 34. The van der Waals surface area contributed by atoms with E-state index in [4.69, 9.17) is 5.73 Å². The van der Waals surface area contributed by atoms with E-state index in [0.717, 1.165) is 17.2 Å². The number of nitrogens with two attached hydrogens (primary N) is 1. The van der Waals surface area contributed by atoms with Crippen LogP contribution in [0, 0.1) is 0 Å². The third kappa shape index (κ3) is 19.6. The minimum absolute atomic E-state index is 0.00506.